The zero-order chi connectivity index (χ0) is 14.8. The molecule has 1 fully saturated rings. The number of nitrogens with zero attached hydrogens (tertiary/aromatic N) is 2. The maximum Gasteiger partial charge on any atom is 0.226 e. The molecular formula is C16H21N3OS. The molecule has 3 rings (SSSR count). The summed E-state index contributed by atoms with van der Waals surface area (Å²) < 4.78 is 5.84. The second-order valence-corrected chi connectivity index (χ2v) is 6.41. The lowest BCUT2D eigenvalue weighted by Gasteiger charge is -2.12. The van der Waals surface area contributed by atoms with Crippen LogP contribution in [-0.2, 0) is 6.54 Å². The molecule has 0 spiro atoms. The normalized spacial score (nSPS) is 19.3. The van der Waals surface area contributed by atoms with Gasteiger partial charge in [-0.05, 0) is 43.9 Å². The van der Waals surface area contributed by atoms with Gasteiger partial charge in [0.2, 0.25) is 5.89 Å². The van der Waals surface area contributed by atoms with E-state index in [-0.39, 0.29) is 0 Å². The van der Waals surface area contributed by atoms with Crippen molar-refractivity contribution in [3.05, 3.63) is 35.7 Å². The molecule has 1 aromatic heterocycles. The Labute approximate surface area is 129 Å². The lowest BCUT2D eigenvalue weighted by molar-refractivity contribution is 0.321. The average Bonchev–Trinajstić information content (AvgIpc) is 3.06. The minimum atomic E-state index is 0.302. The van der Waals surface area contributed by atoms with Crippen molar-refractivity contribution in [2.45, 2.75) is 30.8 Å². The topological polar surface area (TPSA) is 55.3 Å². The number of thioether (sulfide) groups is 1. The van der Waals surface area contributed by atoms with Gasteiger partial charge in [0.05, 0.1) is 5.69 Å². The van der Waals surface area contributed by atoms with Gasteiger partial charge in [0.25, 0.3) is 0 Å². The number of hydrogen-bond donors (Lipinski definition) is 1. The fraction of sp³-hybridized carbons (Fsp3) is 0.438. The predicted octanol–water partition coefficient (Wildman–Crippen LogP) is 2.90. The van der Waals surface area contributed by atoms with Gasteiger partial charge in [-0.2, -0.15) is 0 Å². The number of oxazole rings is 1. The van der Waals surface area contributed by atoms with E-state index in [2.05, 4.69) is 40.4 Å². The minimum Gasteiger partial charge on any atom is -0.441 e. The van der Waals surface area contributed by atoms with Crippen LogP contribution in [0.4, 0.5) is 0 Å². The molecule has 0 bridgehead atoms. The van der Waals surface area contributed by atoms with Crippen molar-refractivity contribution in [1.29, 1.82) is 0 Å². The maximum absolute atomic E-state index is 5.95. The van der Waals surface area contributed by atoms with Crippen LogP contribution >= 0.6 is 11.8 Å². The third kappa shape index (κ3) is 3.31. The quantitative estimate of drug-likeness (QED) is 0.880. The molecule has 1 saturated heterocycles. The van der Waals surface area contributed by atoms with E-state index in [1.807, 2.05) is 6.92 Å². The van der Waals surface area contributed by atoms with E-state index in [0.29, 0.717) is 11.9 Å². The SMILES string of the molecule is CSc1ccc(-c2nc(CN3CC[C@@H](N)C3)c(C)o2)cc1. The molecule has 0 aliphatic carbocycles. The molecule has 0 unspecified atom stereocenters. The Hall–Kier alpha value is -1.30. The summed E-state index contributed by atoms with van der Waals surface area (Å²) in [4.78, 5) is 8.26. The van der Waals surface area contributed by atoms with Gasteiger partial charge in [-0.25, -0.2) is 4.98 Å². The highest BCUT2D eigenvalue weighted by Gasteiger charge is 2.21. The van der Waals surface area contributed by atoms with Crippen molar-refractivity contribution >= 4 is 11.8 Å². The number of likely N-dealkylation sites (tertiary alicyclic amines) is 1. The van der Waals surface area contributed by atoms with Crippen LogP contribution in [-0.4, -0.2) is 35.3 Å². The van der Waals surface area contributed by atoms with E-state index < -0.39 is 0 Å². The summed E-state index contributed by atoms with van der Waals surface area (Å²) in [5.74, 6) is 1.61. The Bertz CT molecular complexity index is 608. The molecule has 0 amide bonds. The second kappa shape index (κ2) is 6.22. The van der Waals surface area contributed by atoms with Gasteiger partial charge in [0.15, 0.2) is 0 Å². The van der Waals surface area contributed by atoms with E-state index in [1.54, 1.807) is 11.8 Å². The van der Waals surface area contributed by atoms with Crippen molar-refractivity contribution in [2.75, 3.05) is 19.3 Å². The van der Waals surface area contributed by atoms with Gasteiger partial charge >= 0.3 is 0 Å². The molecule has 4 nitrogen and oxygen atoms in total. The molecule has 2 N–H and O–H groups in total. The molecule has 5 heteroatoms. The summed E-state index contributed by atoms with van der Waals surface area (Å²) in [6.45, 7) is 4.80. The molecule has 1 aliphatic heterocycles. The molecule has 2 aromatic rings. The summed E-state index contributed by atoms with van der Waals surface area (Å²) in [5, 5.41) is 0. The first-order chi connectivity index (χ1) is 10.2. The molecule has 0 radical (unpaired) electrons. The lowest BCUT2D eigenvalue weighted by atomic mass is 10.2. The fourth-order valence-corrected chi connectivity index (χ4v) is 3.06. The molecule has 1 atom stereocenters. The fourth-order valence-electron chi connectivity index (χ4n) is 2.65. The van der Waals surface area contributed by atoms with Crippen LogP contribution in [0.5, 0.6) is 0 Å². The van der Waals surface area contributed by atoms with Crippen molar-refractivity contribution in [1.82, 2.24) is 9.88 Å². The van der Waals surface area contributed by atoms with Gasteiger partial charge in [-0.1, -0.05) is 0 Å². The Morgan fingerprint density at radius 1 is 1.38 bits per heavy atom. The van der Waals surface area contributed by atoms with Crippen LogP contribution < -0.4 is 5.73 Å². The third-order valence-electron chi connectivity index (χ3n) is 3.91. The largest absolute Gasteiger partial charge is 0.441 e. The van der Waals surface area contributed by atoms with Gasteiger partial charge < -0.3 is 10.2 Å². The van der Waals surface area contributed by atoms with E-state index in [1.165, 1.54) is 4.90 Å². The molecule has 1 aromatic carbocycles. The summed E-state index contributed by atoms with van der Waals surface area (Å²) in [6, 6.07) is 8.62. The summed E-state index contributed by atoms with van der Waals surface area (Å²) in [5.41, 5.74) is 8.00. The average molecular weight is 303 g/mol. The Morgan fingerprint density at radius 3 is 2.76 bits per heavy atom. The monoisotopic (exact) mass is 303 g/mol. The second-order valence-electron chi connectivity index (χ2n) is 5.53. The first-order valence-corrected chi connectivity index (χ1v) is 8.47. The van der Waals surface area contributed by atoms with Crippen molar-refractivity contribution in [3.63, 3.8) is 0 Å². The van der Waals surface area contributed by atoms with Crippen LogP contribution in [0.3, 0.4) is 0 Å². The molecular weight excluding hydrogens is 282 g/mol. The zero-order valence-corrected chi connectivity index (χ0v) is 13.3. The van der Waals surface area contributed by atoms with Crippen LogP contribution in [0.15, 0.2) is 33.6 Å². The van der Waals surface area contributed by atoms with E-state index >= 15 is 0 Å². The van der Waals surface area contributed by atoms with Gasteiger partial charge in [0.1, 0.15) is 5.76 Å². The Morgan fingerprint density at radius 2 is 2.14 bits per heavy atom. The third-order valence-corrected chi connectivity index (χ3v) is 4.66. The van der Waals surface area contributed by atoms with Crippen molar-refractivity contribution in [3.8, 4) is 11.5 Å². The summed E-state index contributed by atoms with van der Waals surface area (Å²) >= 11 is 1.73. The van der Waals surface area contributed by atoms with Crippen LogP contribution in [0.25, 0.3) is 11.5 Å². The Kier molecular flexibility index (Phi) is 4.33. The lowest BCUT2D eigenvalue weighted by Crippen LogP contribution is -2.26. The molecule has 21 heavy (non-hydrogen) atoms. The van der Waals surface area contributed by atoms with E-state index in [0.717, 1.165) is 43.1 Å². The van der Waals surface area contributed by atoms with Crippen molar-refractivity contribution < 1.29 is 4.42 Å². The smallest absolute Gasteiger partial charge is 0.226 e. The molecule has 112 valence electrons. The van der Waals surface area contributed by atoms with E-state index in [9.17, 15) is 0 Å². The Balaban J connectivity index is 1.76. The number of hydrogen-bond acceptors (Lipinski definition) is 5. The van der Waals surface area contributed by atoms with E-state index in [4.69, 9.17) is 10.2 Å². The first kappa shape index (κ1) is 14.6. The number of benzene rings is 1. The zero-order valence-electron chi connectivity index (χ0n) is 12.5. The summed E-state index contributed by atoms with van der Waals surface area (Å²) in [6.07, 6.45) is 3.14. The highest BCUT2D eigenvalue weighted by molar-refractivity contribution is 7.98. The minimum absolute atomic E-state index is 0.302. The maximum atomic E-state index is 5.95. The highest BCUT2D eigenvalue weighted by Crippen LogP contribution is 2.25. The van der Waals surface area contributed by atoms with Gasteiger partial charge in [0, 0.05) is 36.1 Å². The van der Waals surface area contributed by atoms with Crippen molar-refractivity contribution in [2.24, 2.45) is 5.73 Å². The molecule has 0 saturated carbocycles. The van der Waals surface area contributed by atoms with Crippen LogP contribution in [0, 0.1) is 6.92 Å². The number of rotatable bonds is 4. The standard InChI is InChI=1S/C16H21N3OS/c1-11-15(10-19-8-7-13(17)9-19)18-16(20-11)12-3-5-14(21-2)6-4-12/h3-6,13H,7-10,17H2,1-2H3/t13-/m1/s1. The number of aryl methyl sites for hydroxylation is 1. The first-order valence-electron chi connectivity index (χ1n) is 7.24. The molecule has 2 heterocycles. The number of nitrogens with two attached hydrogens (primary N) is 1. The van der Waals surface area contributed by atoms with Crippen LogP contribution in [0.1, 0.15) is 17.9 Å². The summed E-state index contributed by atoms with van der Waals surface area (Å²) in [7, 11) is 0. The highest BCUT2D eigenvalue weighted by atomic mass is 32.2. The number of aromatic nitrogens is 1. The predicted molar refractivity (Wildman–Crippen MR) is 86.3 cm³/mol. The van der Waals surface area contributed by atoms with Crippen LogP contribution in [0.2, 0.25) is 0 Å². The molecule has 1 aliphatic rings. The van der Waals surface area contributed by atoms with Gasteiger partial charge in [-0.15, -0.1) is 11.8 Å². The van der Waals surface area contributed by atoms with Gasteiger partial charge in [-0.3, -0.25) is 4.90 Å².